The zero-order chi connectivity index (χ0) is 15.7. The first-order valence-electron chi connectivity index (χ1n) is 7.69. The quantitative estimate of drug-likeness (QED) is 0.861. The number of rotatable bonds is 3. The summed E-state index contributed by atoms with van der Waals surface area (Å²) in [6, 6.07) is 5.50. The summed E-state index contributed by atoms with van der Waals surface area (Å²) in [5, 5.41) is 0. The molecule has 1 amide bonds. The first-order valence-corrected chi connectivity index (χ1v) is 7.69. The van der Waals surface area contributed by atoms with Crippen LogP contribution in [0.3, 0.4) is 0 Å². The van der Waals surface area contributed by atoms with Gasteiger partial charge in [-0.25, -0.2) is 0 Å². The van der Waals surface area contributed by atoms with Crippen LogP contribution >= 0.6 is 0 Å². The van der Waals surface area contributed by atoms with E-state index in [4.69, 9.17) is 9.47 Å². The largest absolute Gasteiger partial charge is 0.493 e. The SMILES string of the molecule is COc1ccc([C@@H]2CC(=O)C[C@@H]3CCCC(=O)N32)cc1OC. The predicted molar refractivity (Wildman–Crippen MR) is 81.0 cm³/mol. The highest BCUT2D eigenvalue weighted by molar-refractivity contribution is 5.86. The van der Waals surface area contributed by atoms with Gasteiger partial charge in [0.05, 0.1) is 20.3 Å². The number of amides is 1. The number of methoxy groups -OCH3 is 2. The van der Waals surface area contributed by atoms with Gasteiger partial charge in [0.2, 0.25) is 5.91 Å². The van der Waals surface area contributed by atoms with Gasteiger partial charge in [-0.2, -0.15) is 0 Å². The van der Waals surface area contributed by atoms with Gasteiger partial charge >= 0.3 is 0 Å². The lowest BCUT2D eigenvalue weighted by molar-refractivity contribution is -0.145. The number of fused-ring (bicyclic) bond motifs is 1. The van der Waals surface area contributed by atoms with Gasteiger partial charge < -0.3 is 14.4 Å². The van der Waals surface area contributed by atoms with Crippen LogP contribution in [0.1, 0.15) is 43.7 Å². The van der Waals surface area contributed by atoms with Crippen molar-refractivity contribution in [3.05, 3.63) is 23.8 Å². The molecular weight excluding hydrogens is 282 g/mol. The molecule has 2 aliphatic rings. The Hall–Kier alpha value is -2.04. The number of carbonyl (C=O) groups is 2. The molecule has 1 aromatic carbocycles. The van der Waals surface area contributed by atoms with Gasteiger partial charge in [0, 0.05) is 25.3 Å². The van der Waals surface area contributed by atoms with Crippen LogP contribution in [0.5, 0.6) is 11.5 Å². The molecule has 5 nitrogen and oxygen atoms in total. The van der Waals surface area contributed by atoms with Crippen molar-refractivity contribution >= 4 is 11.7 Å². The summed E-state index contributed by atoms with van der Waals surface area (Å²) in [7, 11) is 3.17. The van der Waals surface area contributed by atoms with Gasteiger partial charge in [-0.1, -0.05) is 6.07 Å². The van der Waals surface area contributed by atoms with E-state index in [1.165, 1.54) is 0 Å². The maximum absolute atomic E-state index is 12.4. The van der Waals surface area contributed by atoms with Crippen molar-refractivity contribution in [2.24, 2.45) is 0 Å². The van der Waals surface area contributed by atoms with E-state index >= 15 is 0 Å². The van der Waals surface area contributed by atoms with E-state index in [2.05, 4.69) is 0 Å². The molecule has 0 aliphatic carbocycles. The van der Waals surface area contributed by atoms with E-state index in [0.29, 0.717) is 30.8 Å². The summed E-state index contributed by atoms with van der Waals surface area (Å²) in [5.41, 5.74) is 0.936. The molecule has 0 saturated carbocycles. The van der Waals surface area contributed by atoms with E-state index in [1.54, 1.807) is 14.2 Å². The molecule has 3 rings (SSSR count). The molecule has 118 valence electrons. The highest BCUT2D eigenvalue weighted by Crippen LogP contribution is 2.40. The molecule has 0 aromatic heterocycles. The number of hydrogen-bond acceptors (Lipinski definition) is 4. The summed E-state index contributed by atoms with van der Waals surface area (Å²) in [5.74, 6) is 1.66. The number of nitrogens with zero attached hydrogens (tertiary/aromatic N) is 1. The first kappa shape index (κ1) is 14.9. The van der Waals surface area contributed by atoms with Crippen LogP contribution in [-0.2, 0) is 9.59 Å². The van der Waals surface area contributed by atoms with Crippen molar-refractivity contribution in [1.29, 1.82) is 0 Å². The van der Waals surface area contributed by atoms with Gasteiger partial charge in [0.25, 0.3) is 0 Å². The smallest absolute Gasteiger partial charge is 0.223 e. The predicted octanol–water partition coefficient (Wildman–Crippen LogP) is 2.49. The Morgan fingerprint density at radius 1 is 1.09 bits per heavy atom. The minimum absolute atomic E-state index is 0.0561. The second-order valence-corrected chi connectivity index (χ2v) is 5.92. The standard InChI is InChI=1S/C17H21NO4/c1-21-15-7-6-11(8-16(15)22-2)14-10-13(19)9-12-4-3-5-17(20)18(12)14/h6-8,12,14H,3-5,9-10H2,1-2H3/t12-,14-/m0/s1. The number of piperidine rings is 2. The van der Waals surface area contributed by atoms with Crippen LogP contribution in [0.25, 0.3) is 0 Å². The van der Waals surface area contributed by atoms with Crippen molar-refractivity contribution in [2.75, 3.05) is 14.2 Å². The van der Waals surface area contributed by atoms with Gasteiger partial charge in [-0.05, 0) is 30.5 Å². The van der Waals surface area contributed by atoms with Crippen molar-refractivity contribution in [3.63, 3.8) is 0 Å². The fraction of sp³-hybridized carbons (Fsp3) is 0.529. The lowest BCUT2D eigenvalue weighted by Gasteiger charge is -2.44. The number of benzene rings is 1. The number of Topliss-reactive ketones (excluding diaryl/α,β-unsaturated/α-hetero) is 1. The molecule has 2 heterocycles. The summed E-state index contributed by atoms with van der Waals surface area (Å²) in [6.45, 7) is 0. The van der Waals surface area contributed by atoms with E-state index in [1.807, 2.05) is 23.1 Å². The monoisotopic (exact) mass is 303 g/mol. The lowest BCUT2D eigenvalue weighted by atomic mass is 9.85. The highest BCUT2D eigenvalue weighted by atomic mass is 16.5. The topological polar surface area (TPSA) is 55.8 Å². The number of ether oxygens (including phenoxy) is 2. The molecule has 2 saturated heterocycles. The Kier molecular flexibility index (Phi) is 4.05. The van der Waals surface area contributed by atoms with E-state index in [-0.39, 0.29) is 23.8 Å². The Morgan fingerprint density at radius 2 is 1.86 bits per heavy atom. The maximum atomic E-state index is 12.4. The van der Waals surface area contributed by atoms with Crippen LogP contribution < -0.4 is 9.47 Å². The zero-order valence-electron chi connectivity index (χ0n) is 13.0. The second kappa shape index (κ2) is 5.99. The molecule has 0 unspecified atom stereocenters. The average Bonchev–Trinajstić information content (AvgIpc) is 2.53. The number of ketones is 1. The van der Waals surface area contributed by atoms with Crippen molar-refractivity contribution < 1.29 is 19.1 Å². The number of carbonyl (C=O) groups excluding carboxylic acids is 2. The second-order valence-electron chi connectivity index (χ2n) is 5.92. The molecule has 2 aliphatic heterocycles. The summed E-state index contributed by atoms with van der Waals surface area (Å²) in [4.78, 5) is 26.4. The molecule has 5 heteroatoms. The third kappa shape index (κ3) is 2.56. The Labute approximate surface area is 130 Å². The van der Waals surface area contributed by atoms with E-state index < -0.39 is 0 Å². The number of hydrogen-bond donors (Lipinski definition) is 0. The van der Waals surface area contributed by atoms with Crippen LogP contribution in [-0.4, -0.2) is 36.9 Å². The molecule has 0 spiro atoms. The van der Waals surface area contributed by atoms with Gasteiger partial charge in [-0.15, -0.1) is 0 Å². The molecule has 0 N–H and O–H groups in total. The van der Waals surface area contributed by atoms with Crippen molar-refractivity contribution in [3.8, 4) is 11.5 Å². The Balaban J connectivity index is 1.97. The fourth-order valence-electron chi connectivity index (χ4n) is 3.59. The van der Waals surface area contributed by atoms with Gasteiger partial charge in [-0.3, -0.25) is 9.59 Å². The molecule has 1 aromatic rings. The fourth-order valence-corrected chi connectivity index (χ4v) is 3.59. The summed E-state index contributed by atoms with van der Waals surface area (Å²) >= 11 is 0. The minimum atomic E-state index is -0.182. The van der Waals surface area contributed by atoms with Crippen LogP contribution in [0.4, 0.5) is 0 Å². The van der Waals surface area contributed by atoms with Crippen molar-refractivity contribution in [1.82, 2.24) is 4.90 Å². The van der Waals surface area contributed by atoms with Crippen LogP contribution in [0, 0.1) is 0 Å². The van der Waals surface area contributed by atoms with Crippen LogP contribution in [0.2, 0.25) is 0 Å². The first-order chi connectivity index (χ1) is 10.6. The third-order valence-corrected chi connectivity index (χ3v) is 4.62. The third-order valence-electron chi connectivity index (χ3n) is 4.62. The zero-order valence-corrected chi connectivity index (χ0v) is 13.0. The Morgan fingerprint density at radius 3 is 2.59 bits per heavy atom. The maximum Gasteiger partial charge on any atom is 0.223 e. The normalized spacial score (nSPS) is 24.9. The minimum Gasteiger partial charge on any atom is -0.493 e. The molecule has 0 radical (unpaired) electrons. The van der Waals surface area contributed by atoms with E-state index in [0.717, 1.165) is 18.4 Å². The summed E-state index contributed by atoms with van der Waals surface area (Å²) < 4.78 is 10.6. The van der Waals surface area contributed by atoms with E-state index in [9.17, 15) is 9.59 Å². The molecule has 22 heavy (non-hydrogen) atoms. The van der Waals surface area contributed by atoms with Crippen molar-refractivity contribution in [2.45, 2.75) is 44.2 Å². The van der Waals surface area contributed by atoms with Gasteiger partial charge in [0.15, 0.2) is 11.5 Å². The molecular formula is C17H21NO4. The van der Waals surface area contributed by atoms with Crippen LogP contribution in [0.15, 0.2) is 18.2 Å². The Bertz CT molecular complexity index is 598. The molecule has 2 fully saturated rings. The van der Waals surface area contributed by atoms with Gasteiger partial charge in [0.1, 0.15) is 5.78 Å². The average molecular weight is 303 g/mol. The summed E-state index contributed by atoms with van der Waals surface area (Å²) in [6.07, 6.45) is 3.26. The molecule has 0 bridgehead atoms. The molecule has 2 atom stereocenters. The lowest BCUT2D eigenvalue weighted by Crippen LogP contribution is -2.50. The highest BCUT2D eigenvalue weighted by Gasteiger charge is 2.40.